The summed E-state index contributed by atoms with van der Waals surface area (Å²) < 4.78 is 5.19. The molecule has 1 unspecified atom stereocenters. The first-order valence-electron chi connectivity index (χ1n) is 10.3. The molecule has 0 spiro atoms. The predicted molar refractivity (Wildman–Crippen MR) is 116 cm³/mol. The van der Waals surface area contributed by atoms with E-state index in [4.69, 9.17) is 4.74 Å². The van der Waals surface area contributed by atoms with Crippen molar-refractivity contribution in [2.45, 2.75) is 38.1 Å². The smallest absolute Gasteiger partial charge is 0.254 e. The maximum absolute atomic E-state index is 13.1. The number of anilines is 1. The van der Waals surface area contributed by atoms with Crippen LogP contribution in [0.25, 0.3) is 11.1 Å². The van der Waals surface area contributed by atoms with Crippen molar-refractivity contribution >= 4 is 11.6 Å². The second-order valence-electron chi connectivity index (χ2n) is 7.81. The summed E-state index contributed by atoms with van der Waals surface area (Å²) in [6.07, 6.45) is 5.44. The summed E-state index contributed by atoms with van der Waals surface area (Å²) in [6, 6.07) is 16.9. The minimum Gasteiger partial charge on any atom is -0.385 e. The zero-order chi connectivity index (χ0) is 19.9. The van der Waals surface area contributed by atoms with Gasteiger partial charge in [-0.1, -0.05) is 24.3 Å². The standard InChI is InChI=1S/C24H32N2O2/c1-25(2)23-10-6-8-21(18-23)19-12-14-20(15-13-19)24(27)26-16-5-4-9-22(26)11-7-17-28-3/h6,8,10,12-15,18,22H,4-5,7,9,11,16-17H2,1-3H3. The highest BCUT2D eigenvalue weighted by Gasteiger charge is 2.27. The van der Waals surface area contributed by atoms with E-state index in [9.17, 15) is 4.79 Å². The lowest BCUT2D eigenvalue weighted by molar-refractivity contribution is 0.0585. The van der Waals surface area contributed by atoms with E-state index in [0.29, 0.717) is 6.04 Å². The topological polar surface area (TPSA) is 32.8 Å². The van der Waals surface area contributed by atoms with Crippen LogP contribution in [0, 0.1) is 0 Å². The second kappa shape index (κ2) is 9.74. The Morgan fingerprint density at radius 3 is 2.61 bits per heavy atom. The molecule has 1 saturated heterocycles. The van der Waals surface area contributed by atoms with Crippen LogP contribution in [0.4, 0.5) is 5.69 Å². The number of hydrogen-bond acceptors (Lipinski definition) is 3. The number of methoxy groups -OCH3 is 1. The van der Waals surface area contributed by atoms with Gasteiger partial charge in [0.2, 0.25) is 0 Å². The van der Waals surface area contributed by atoms with Gasteiger partial charge in [-0.2, -0.15) is 0 Å². The molecule has 1 aliphatic heterocycles. The Labute approximate surface area is 169 Å². The second-order valence-corrected chi connectivity index (χ2v) is 7.81. The van der Waals surface area contributed by atoms with Crippen molar-refractivity contribution in [3.05, 3.63) is 54.1 Å². The summed E-state index contributed by atoms with van der Waals surface area (Å²) in [6.45, 7) is 1.63. The molecular weight excluding hydrogens is 348 g/mol. The Morgan fingerprint density at radius 1 is 1.11 bits per heavy atom. The van der Waals surface area contributed by atoms with Crippen molar-refractivity contribution in [1.29, 1.82) is 0 Å². The molecule has 4 heteroatoms. The molecule has 28 heavy (non-hydrogen) atoms. The Morgan fingerprint density at radius 2 is 1.89 bits per heavy atom. The van der Waals surface area contributed by atoms with Gasteiger partial charge in [-0.15, -0.1) is 0 Å². The zero-order valence-corrected chi connectivity index (χ0v) is 17.4. The van der Waals surface area contributed by atoms with E-state index in [1.165, 1.54) is 17.7 Å². The molecule has 2 aromatic rings. The quantitative estimate of drug-likeness (QED) is 0.644. The SMILES string of the molecule is COCCCC1CCCCN1C(=O)c1ccc(-c2cccc(N(C)C)c2)cc1. The largest absolute Gasteiger partial charge is 0.385 e. The summed E-state index contributed by atoms with van der Waals surface area (Å²) in [7, 11) is 5.82. The number of benzene rings is 2. The fourth-order valence-electron chi connectivity index (χ4n) is 3.97. The molecule has 0 aromatic heterocycles. The molecule has 0 bridgehead atoms. The van der Waals surface area contributed by atoms with Gasteiger partial charge in [0, 0.05) is 51.6 Å². The van der Waals surface area contributed by atoms with Gasteiger partial charge in [-0.3, -0.25) is 4.79 Å². The number of rotatable bonds is 7. The van der Waals surface area contributed by atoms with Crippen LogP contribution in [0.5, 0.6) is 0 Å². The summed E-state index contributed by atoms with van der Waals surface area (Å²) in [5.74, 6) is 0.163. The first kappa shape index (κ1) is 20.4. The number of nitrogens with zero attached hydrogens (tertiary/aromatic N) is 2. The molecule has 150 valence electrons. The van der Waals surface area contributed by atoms with Crippen LogP contribution in [0.1, 0.15) is 42.5 Å². The lowest BCUT2D eigenvalue weighted by Crippen LogP contribution is -2.43. The maximum atomic E-state index is 13.1. The number of carbonyl (C=O) groups excluding carboxylic acids is 1. The first-order valence-corrected chi connectivity index (χ1v) is 10.3. The van der Waals surface area contributed by atoms with Gasteiger partial charge >= 0.3 is 0 Å². The minimum absolute atomic E-state index is 0.163. The van der Waals surface area contributed by atoms with Gasteiger partial charge in [-0.25, -0.2) is 0 Å². The normalized spacial score (nSPS) is 16.8. The third kappa shape index (κ3) is 4.93. The predicted octanol–water partition coefficient (Wildman–Crippen LogP) is 4.84. The molecule has 1 amide bonds. The van der Waals surface area contributed by atoms with E-state index in [1.54, 1.807) is 7.11 Å². The highest BCUT2D eigenvalue weighted by molar-refractivity contribution is 5.95. The highest BCUT2D eigenvalue weighted by atomic mass is 16.5. The van der Waals surface area contributed by atoms with E-state index in [-0.39, 0.29) is 5.91 Å². The molecule has 4 nitrogen and oxygen atoms in total. The first-order chi connectivity index (χ1) is 13.6. The fourth-order valence-corrected chi connectivity index (χ4v) is 3.97. The maximum Gasteiger partial charge on any atom is 0.254 e. The van der Waals surface area contributed by atoms with Crippen LogP contribution in [0.2, 0.25) is 0 Å². The highest BCUT2D eigenvalue weighted by Crippen LogP contribution is 2.26. The zero-order valence-electron chi connectivity index (χ0n) is 17.4. The van der Waals surface area contributed by atoms with Gasteiger partial charge in [-0.05, 0) is 67.5 Å². The molecule has 1 fully saturated rings. The van der Waals surface area contributed by atoms with Crippen molar-refractivity contribution in [2.24, 2.45) is 0 Å². The number of hydrogen-bond donors (Lipinski definition) is 0. The molecule has 0 aliphatic carbocycles. The van der Waals surface area contributed by atoms with E-state index < -0.39 is 0 Å². The summed E-state index contributed by atoms with van der Waals surface area (Å²) in [4.78, 5) is 17.3. The Kier molecular flexibility index (Phi) is 7.10. The van der Waals surface area contributed by atoms with E-state index in [0.717, 1.165) is 50.0 Å². The van der Waals surface area contributed by atoms with Gasteiger partial charge in [0.15, 0.2) is 0 Å². The monoisotopic (exact) mass is 380 g/mol. The molecule has 3 rings (SSSR count). The van der Waals surface area contributed by atoms with Gasteiger partial charge in [0.1, 0.15) is 0 Å². The van der Waals surface area contributed by atoms with Crippen LogP contribution in [-0.4, -0.2) is 51.2 Å². The lowest BCUT2D eigenvalue weighted by atomic mass is 9.96. The van der Waals surface area contributed by atoms with Gasteiger partial charge in [0.25, 0.3) is 5.91 Å². The summed E-state index contributed by atoms with van der Waals surface area (Å²) >= 11 is 0. The van der Waals surface area contributed by atoms with Crippen LogP contribution in [-0.2, 0) is 4.74 Å². The molecule has 1 aliphatic rings. The van der Waals surface area contributed by atoms with Crippen LogP contribution < -0.4 is 4.90 Å². The van der Waals surface area contributed by atoms with E-state index in [2.05, 4.69) is 46.2 Å². The lowest BCUT2D eigenvalue weighted by Gasteiger charge is -2.36. The van der Waals surface area contributed by atoms with Gasteiger partial charge < -0.3 is 14.5 Å². The molecule has 0 saturated carbocycles. The third-order valence-corrected chi connectivity index (χ3v) is 5.60. The molecule has 0 radical (unpaired) electrons. The molecule has 2 aromatic carbocycles. The number of amides is 1. The van der Waals surface area contributed by atoms with Gasteiger partial charge in [0.05, 0.1) is 0 Å². The number of carbonyl (C=O) groups is 1. The fraction of sp³-hybridized carbons (Fsp3) is 0.458. The third-order valence-electron chi connectivity index (χ3n) is 5.60. The van der Waals surface area contributed by atoms with Crippen LogP contribution >= 0.6 is 0 Å². The molecule has 0 N–H and O–H groups in total. The Bertz CT molecular complexity index is 770. The van der Waals surface area contributed by atoms with Crippen LogP contribution in [0.15, 0.2) is 48.5 Å². The molecule has 1 atom stereocenters. The molecular formula is C24H32N2O2. The van der Waals surface area contributed by atoms with Crippen molar-refractivity contribution in [2.75, 3.05) is 39.3 Å². The molecule has 1 heterocycles. The summed E-state index contributed by atoms with van der Waals surface area (Å²) in [5, 5.41) is 0. The van der Waals surface area contributed by atoms with Crippen molar-refractivity contribution in [1.82, 2.24) is 4.90 Å². The van der Waals surface area contributed by atoms with Crippen LogP contribution in [0.3, 0.4) is 0 Å². The summed E-state index contributed by atoms with van der Waals surface area (Å²) in [5.41, 5.74) is 4.26. The van der Waals surface area contributed by atoms with Crippen molar-refractivity contribution in [3.8, 4) is 11.1 Å². The van der Waals surface area contributed by atoms with Crippen molar-refractivity contribution < 1.29 is 9.53 Å². The van der Waals surface area contributed by atoms with Crippen molar-refractivity contribution in [3.63, 3.8) is 0 Å². The average molecular weight is 381 g/mol. The number of ether oxygens (including phenoxy) is 1. The Hall–Kier alpha value is -2.33. The minimum atomic E-state index is 0.163. The Balaban J connectivity index is 1.73. The number of piperidine rings is 1. The number of likely N-dealkylation sites (tertiary alicyclic amines) is 1. The van der Waals surface area contributed by atoms with E-state index in [1.807, 2.05) is 26.2 Å². The average Bonchev–Trinajstić information content (AvgIpc) is 2.74. The van der Waals surface area contributed by atoms with E-state index >= 15 is 0 Å².